The van der Waals surface area contributed by atoms with E-state index in [2.05, 4.69) is 24.4 Å². The SMILES string of the molecule is Cc1ccc(CC(C)NC(=O)C2CCCO2)s1. The maximum Gasteiger partial charge on any atom is 0.249 e. The van der Waals surface area contributed by atoms with Gasteiger partial charge in [-0.1, -0.05) is 0 Å². The molecule has 1 amide bonds. The van der Waals surface area contributed by atoms with E-state index in [1.54, 1.807) is 11.3 Å². The van der Waals surface area contributed by atoms with Crippen LogP contribution in [0.3, 0.4) is 0 Å². The van der Waals surface area contributed by atoms with Crippen LogP contribution in [0.25, 0.3) is 0 Å². The standard InChI is InChI=1S/C13H19NO2S/c1-9(8-11-6-5-10(2)17-11)14-13(15)12-4-3-7-16-12/h5-6,9,12H,3-4,7-8H2,1-2H3,(H,14,15). The summed E-state index contributed by atoms with van der Waals surface area (Å²) in [5.74, 6) is 0.0447. The summed E-state index contributed by atoms with van der Waals surface area (Å²) in [7, 11) is 0. The molecular weight excluding hydrogens is 234 g/mol. The van der Waals surface area contributed by atoms with Gasteiger partial charge in [-0.15, -0.1) is 11.3 Å². The van der Waals surface area contributed by atoms with E-state index in [9.17, 15) is 4.79 Å². The summed E-state index contributed by atoms with van der Waals surface area (Å²) in [6.45, 7) is 4.86. The first-order valence-corrected chi connectivity index (χ1v) is 6.94. The Bertz CT molecular complexity index is 383. The number of aryl methyl sites for hydroxylation is 1. The lowest BCUT2D eigenvalue weighted by Gasteiger charge is -2.16. The first-order chi connectivity index (χ1) is 8.15. The molecule has 0 aliphatic carbocycles. The average Bonchev–Trinajstić information content (AvgIpc) is 2.89. The highest BCUT2D eigenvalue weighted by Gasteiger charge is 2.24. The van der Waals surface area contributed by atoms with Gasteiger partial charge >= 0.3 is 0 Å². The molecule has 1 aliphatic heterocycles. The highest BCUT2D eigenvalue weighted by atomic mass is 32.1. The number of hydrogen-bond acceptors (Lipinski definition) is 3. The third-order valence-corrected chi connectivity index (χ3v) is 3.94. The zero-order valence-corrected chi connectivity index (χ0v) is 11.2. The van der Waals surface area contributed by atoms with Crippen molar-refractivity contribution in [2.75, 3.05) is 6.61 Å². The van der Waals surface area contributed by atoms with E-state index >= 15 is 0 Å². The fraction of sp³-hybridized carbons (Fsp3) is 0.615. The van der Waals surface area contributed by atoms with Gasteiger partial charge in [-0.3, -0.25) is 4.79 Å². The van der Waals surface area contributed by atoms with Gasteiger partial charge in [-0.2, -0.15) is 0 Å². The predicted octanol–water partition coefficient (Wildman–Crippen LogP) is 2.28. The molecule has 1 saturated heterocycles. The number of carbonyl (C=O) groups is 1. The Kier molecular flexibility index (Phi) is 4.18. The van der Waals surface area contributed by atoms with Crippen molar-refractivity contribution in [1.29, 1.82) is 0 Å². The van der Waals surface area contributed by atoms with Gasteiger partial charge in [0.05, 0.1) is 0 Å². The van der Waals surface area contributed by atoms with Crippen molar-refractivity contribution in [2.24, 2.45) is 0 Å². The van der Waals surface area contributed by atoms with Gasteiger partial charge < -0.3 is 10.1 Å². The molecule has 1 fully saturated rings. The highest BCUT2D eigenvalue weighted by molar-refractivity contribution is 7.11. The number of hydrogen-bond donors (Lipinski definition) is 1. The molecule has 17 heavy (non-hydrogen) atoms. The fourth-order valence-corrected chi connectivity index (χ4v) is 3.09. The molecule has 0 aromatic carbocycles. The average molecular weight is 253 g/mol. The molecule has 0 spiro atoms. The van der Waals surface area contributed by atoms with Crippen molar-refractivity contribution in [2.45, 2.75) is 45.3 Å². The van der Waals surface area contributed by atoms with Crippen LogP contribution in [0, 0.1) is 6.92 Å². The monoisotopic (exact) mass is 253 g/mol. The Morgan fingerprint density at radius 2 is 2.47 bits per heavy atom. The van der Waals surface area contributed by atoms with E-state index < -0.39 is 0 Å². The van der Waals surface area contributed by atoms with Crippen LogP contribution in [-0.4, -0.2) is 24.7 Å². The van der Waals surface area contributed by atoms with Crippen LogP contribution >= 0.6 is 11.3 Å². The summed E-state index contributed by atoms with van der Waals surface area (Å²) in [6.07, 6.45) is 2.53. The second-order valence-corrected chi connectivity index (χ2v) is 6.00. The zero-order chi connectivity index (χ0) is 12.3. The molecule has 2 unspecified atom stereocenters. The Morgan fingerprint density at radius 3 is 3.06 bits per heavy atom. The van der Waals surface area contributed by atoms with Crippen LogP contribution < -0.4 is 5.32 Å². The number of rotatable bonds is 4. The Balaban J connectivity index is 1.80. The number of amides is 1. The summed E-state index contributed by atoms with van der Waals surface area (Å²) >= 11 is 1.79. The molecule has 1 aromatic rings. The number of thiophene rings is 1. The van der Waals surface area contributed by atoms with E-state index in [-0.39, 0.29) is 18.1 Å². The lowest BCUT2D eigenvalue weighted by molar-refractivity contribution is -0.130. The van der Waals surface area contributed by atoms with Crippen molar-refractivity contribution >= 4 is 17.2 Å². The number of carbonyl (C=O) groups excluding carboxylic acids is 1. The van der Waals surface area contributed by atoms with Crippen LogP contribution in [0.1, 0.15) is 29.5 Å². The van der Waals surface area contributed by atoms with Gasteiger partial charge in [0.15, 0.2) is 0 Å². The van der Waals surface area contributed by atoms with E-state index in [0.717, 1.165) is 25.9 Å². The quantitative estimate of drug-likeness (QED) is 0.894. The summed E-state index contributed by atoms with van der Waals surface area (Å²) in [5, 5.41) is 3.02. The fourth-order valence-electron chi connectivity index (χ4n) is 2.07. The molecule has 0 saturated carbocycles. The Hall–Kier alpha value is -0.870. The highest BCUT2D eigenvalue weighted by Crippen LogP contribution is 2.17. The first kappa shape index (κ1) is 12.6. The van der Waals surface area contributed by atoms with Gasteiger partial charge in [0.2, 0.25) is 5.91 Å². The molecule has 2 heterocycles. The van der Waals surface area contributed by atoms with Crippen molar-refractivity contribution < 1.29 is 9.53 Å². The van der Waals surface area contributed by atoms with Gasteiger partial charge in [0.1, 0.15) is 6.10 Å². The van der Waals surface area contributed by atoms with Crippen LogP contribution in [0.4, 0.5) is 0 Å². The molecule has 1 aromatic heterocycles. The summed E-state index contributed by atoms with van der Waals surface area (Å²) in [5.41, 5.74) is 0. The minimum absolute atomic E-state index is 0.0447. The molecule has 94 valence electrons. The lowest BCUT2D eigenvalue weighted by Crippen LogP contribution is -2.40. The van der Waals surface area contributed by atoms with E-state index in [0.29, 0.717) is 0 Å². The molecule has 1 N–H and O–H groups in total. The molecule has 0 radical (unpaired) electrons. The Labute approximate surface area is 106 Å². The van der Waals surface area contributed by atoms with Crippen LogP contribution in [0.5, 0.6) is 0 Å². The minimum Gasteiger partial charge on any atom is -0.368 e. The summed E-state index contributed by atoms with van der Waals surface area (Å²) in [4.78, 5) is 14.5. The van der Waals surface area contributed by atoms with Gasteiger partial charge in [-0.05, 0) is 38.8 Å². The molecule has 1 aliphatic rings. The molecule has 2 rings (SSSR count). The maximum atomic E-state index is 11.8. The summed E-state index contributed by atoms with van der Waals surface area (Å²) in [6, 6.07) is 4.42. The molecule has 4 heteroatoms. The third-order valence-electron chi connectivity index (χ3n) is 2.91. The van der Waals surface area contributed by atoms with E-state index in [1.807, 2.05) is 6.92 Å². The van der Waals surface area contributed by atoms with Crippen molar-refractivity contribution in [1.82, 2.24) is 5.32 Å². The number of ether oxygens (including phenoxy) is 1. The van der Waals surface area contributed by atoms with Gasteiger partial charge in [0.25, 0.3) is 0 Å². The van der Waals surface area contributed by atoms with Crippen molar-refractivity contribution in [3.63, 3.8) is 0 Å². The number of nitrogens with one attached hydrogen (secondary N) is 1. The zero-order valence-electron chi connectivity index (χ0n) is 10.4. The van der Waals surface area contributed by atoms with Crippen molar-refractivity contribution in [3.05, 3.63) is 21.9 Å². The molecule has 3 nitrogen and oxygen atoms in total. The largest absolute Gasteiger partial charge is 0.368 e. The lowest BCUT2D eigenvalue weighted by atomic mass is 10.1. The minimum atomic E-state index is -0.220. The normalized spacial score (nSPS) is 21.4. The second-order valence-electron chi connectivity index (χ2n) is 4.63. The summed E-state index contributed by atoms with van der Waals surface area (Å²) < 4.78 is 5.36. The first-order valence-electron chi connectivity index (χ1n) is 6.12. The smallest absolute Gasteiger partial charge is 0.249 e. The second kappa shape index (κ2) is 5.65. The topological polar surface area (TPSA) is 38.3 Å². The third kappa shape index (κ3) is 3.54. The van der Waals surface area contributed by atoms with Crippen molar-refractivity contribution in [3.8, 4) is 0 Å². The molecule has 0 bridgehead atoms. The Morgan fingerprint density at radius 1 is 1.65 bits per heavy atom. The molecule has 2 atom stereocenters. The van der Waals surface area contributed by atoms with Crippen LogP contribution in [-0.2, 0) is 16.0 Å². The van der Waals surface area contributed by atoms with Crippen LogP contribution in [0.15, 0.2) is 12.1 Å². The predicted molar refractivity (Wildman–Crippen MR) is 69.3 cm³/mol. The van der Waals surface area contributed by atoms with E-state index in [4.69, 9.17) is 4.74 Å². The van der Waals surface area contributed by atoms with E-state index in [1.165, 1.54) is 9.75 Å². The maximum absolute atomic E-state index is 11.8. The van der Waals surface area contributed by atoms with Gasteiger partial charge in [-0.25, -0.2) is 0 Å². The van der Waals surface area contributed by atoms with Gasteiger partial charge in [0, 0.05) is 28.8 Å². The molecular formula is C13H19NO2S. The van der Waals surface area contributed by atoms with Crippen LogP contribution in [0.2, 0.25) is 0 Å².